The molecule has 0 saturated carbocycles. The number of amides is 1. The van der Waals surface area contributed by atoms with Crippen LogP contribution in [0.25, 0.3) is 0 Å². The molecule has 1 aromatic rings. The van der Waals surface area contributed by atoms with Crippen LogP contribution in [0, 0.1) is 5.92 Å². The van der Waals surface area contributed by atoms with Gasteiger partial charge in [0.1, 0.15) is 0 Å². The lowest BCUT2D eigenvalue weighted by atomic mass is 9.97. The van der Waals surface area contributed by atoms with Crippen molar-refractivity contribution in [1.29, 1.82) is 0 Å². The van der Waals surface area contributed by atoms with Gasteiger partial charge in [-0.2, -0.15) is 0 Å². The molecule has 0 bridgehead atoms. The fourth-order valence-corrected chi connectivity index (χ4v) is 3.07. The van der Waals surface area contributed by atoms with Gasteiger partial charge in [-0.15, -0.1) is 11.3 Å². The van der Waals surface area contributed by atoms with Crippen LogP contribution in [0.1, 0.15) is 65.1 Å². The van der Waals surface area contributed by atoms with Gasteiger partial charge < -0.3 is 10.6 Å². The number of nitrogens with zero attached hydrogens (tertiary/aromatic N) is 1. The van der Waals surface area contributed by atoms with Gasteiger partial charge in [0.05, 0.1) is 5.69 Å². The molecule has 0 fully saturated rings. The van der Waals surface area contributed by atoms with Crippen molar-refractivity contribution in [2.24, 2.45) is 5.92 Å². The zero-order valence-corrected chi connectivity index (χ0v) is 13.8. The maximum absolute atomic E-state index is 12.2. The predicted octanol–water partition coefficient (Wildman–Crippen LogP) is 3.97. The van der Waals surface area contributed by atoms with E-state index < -0.39 is 0 Å². The van der Waals surface area contributed by atoms with Gasteiger partial charge in [-0.05, 0) is 26.3 Å². The first-order valence-corrected chi connectivity index (χ1v) is 8.49. The molecule has 0 aliphatic rings. The van der Waals surface area contributed by atoms with Gasteiger partial charge >= 0.3 is 0 Å². The first kappa shape index (κ1) is 17.1. The number of nitrogens with one attached hydrogen (secondary N) is 2. The molecule has 5 heteroatoms. The molecule has 20 heavy (non-hydrogen) atoms. The van der Waals surface area contributed by atoms with Crippen molar-refractivity contribution in [2.45, 2.75) is 59.4 Å². The van der Waals surface area contributed by atoms with Crippen LogP contribution in [-0.2, 0) is 4.79 Å². The van der Waals surface area contributed by atoms with Crippen molar-refractivity contribution in [2.75, 3.05) is 11.9 Å². The van der Waals surface area contributed by atoms with Gasteiger partial charge in [0.25, 0.3) is 0 Å². The van der Waals surface area contributed by atoms with E-state index in [2.05, 4.69) is 43.3 Å². The van der Waals surface area contributed by atoms with Crippen molar-refractivity contribution >= 4 is 22.4 Å². The lowest BCUT2D eigenvalue weighted by molar-refractivity contribution is -0.120. The number of rotatable bonds is 9. The average Bonchev–Trinajstić information content (AvgIpc) is 2.87. The van der Waals surface area contributed by atoms with Gasteiger partial charge in [-0.3, -0.25) is 4.79 Å². The average molecular weight is 297 g/mol. The smallest absolute Gasteiger partial charge is 0.229 e. The van der Waals surface area contributed by atoms with Crippen molar-refractivity contribution in [3.05, 3.63) is 11.1 Å². The summed E-state index contributed by atoms with van der Waals surface area (Å²) >= 11 is 1.50. The van der Waals surface area contributed by atoms with Crippen molar-refractivity contribution in [3.8, 4) is 0 Å². The summed E-state index contributed by atoms with van der Waals surface area (Å²) in [5, 5.41) is 9.02. The Hall–Kier alpha value is -0.940. The lowest BCUT2D eigenvalue weighted by Gasteiger charge is -2.13. The highest BCUT2D eigenvalue weighted by molar-refractivity contribution is 7.13. The molecule has 0 radical (unpaired) electrons. The molecule has 1 aromatic heterocycles. The number of thiazole rings is 1. The normalized spacial score (nSPS) is 12.7. The van der Waals surface area contributed by atoms with Crippen LogP contribution >= 0.6 is 11.3 Å². The van der Waals surface area contributed by atoms with Crippen molar-refractivity contribution in [1.82, 2.24) is 10.3 Å². The van der Waals surface area contributed by atoms with Crippen LogP contribution in [0.3, 0.4) is 0 Å². The van der Waals surface area contributed by atoms with E-state index in [9.17, 15) is 4.79 Å². The standard InChI is InChI=1S/C15H27N3OS/c1-5-8-12(9-6-2)14(19)18-15-17-13(10-20-15)11(4)16-7-3/h10-12,16H,5-9H2,1-4H3,(H,17,18,19). The summed E-state index contributed by atoms with van der Waals surface area (Å²) < 4.78 is 0. The van der Waals surface area contributed by atoms with Gasteiger partial charge in [0.2, 0.25) is 5.91 Å². The second-order valence-electron chi connectivity index (χ2n) is 5.12. The minimum atomic E-state index is 0.114. The molecule has 2 N–H and O–H groups in total. The number of anilines is 1. The SMILES string of the molecule is CCCC(CCC)C(=O)Nc1nc(C(C)NCC)cs1. The Labute approximate surface area is 126 Å². The Bertz CT molecular complexity index is 400. The van der Waals surface area contributed by atoms with E-state index in [0.717, 1.165) is 37.9 Å². The summed E-state index contributed by atoms with van der Waals surface area (Å²) in [5.41, 5.74) is 0.995. The van der Waals surface area contributed by atoms with E-state index >= 15 is 0 Å². The molecule has 1 rings (SSSR count). The molecule has 4 nitrogen and oxygen atoms in total. The molecule has 1 heterocycles. The van der Waals surface area contributed by atoms with Crippen LogP contribution in [0.2, 0.25) is 0 Å². The third-order valence-electron chi connectivity index (χ3n) is 3.35. The molecule has 1 atom stereocenters. The number of hydrogen-bond acceptors (Lipinski definition) is 4. The minimum Gasteiger partial charge on any atom is -0.309 e. The van der Waals surface area contributed by atoms with Crippen LogP contribution in [-0.4, -0.2) is 17.4 Å². The van der Waals surface area contributed by atoms with Gasteiger partial charge in [-0.1, -0.05) is 33.6 Å². The molecule has 114 valence electrons. The molecule has 0 spiro atoms. The van der Waals surface area contributed by atoms with Crippen LogP contribution in [0.5, 0.6) is 0 Å². The van der Waals surface area contributed by atoms with Crippen molar-refractivity contribution < 1.29 is 4.79 Å². The Morgan fingerprint density at radius 3 is 2.50 bits per heavy atom. The van der Waals surface area contributed by atoms with E-state index in [1.165, 1.54) is 11.3 Å². The van der Waals surface area contributed by atoms with Gasteiger partial charge in [0, 0.05) is 17.3 Å². The first-order valence-electron chi connectivity index (χ1n) is 7.61. The summed E-state index contributed by atoms with van der Waals surface area (Å²) in [6, 6.07) is 0.226. The third kappa shape index (κ3) is 5.21. The maximum Gasteiger partial charge on any atom is 0.229 e. The molecule has 1 amide bonds. The molecular weight excluding hydrogens is 270 g/mol. The van der Waals surface area contributed by atoms with E-state index in [4.69, 9.17) is 0 Å². The molecule has 0 aliphatic carbocycles. The molecule has 0 saturated heterocycles. The Morgan fingerprint density at radius 2 is 1.95 bits per heavy atom. The largest absolute Gasteiger partial charge is 0.309 e. The minimum absolute atomic E-state index is 0.114. The summed E-state index contributed by atoms with van der Waals surface area (Å²) in [5.74, 6) is 0.231. The maximum atomic E-state index is 12.2. The Kier molecular flexibility index (Phi) is 7.77. The fraction of sp³-hybridized carbons (Fsp3) is 0.733. The van der Waals surface area contributed by atoms with Gasteiger partial charge in [0.15, 0.2) is 5.13 Å². The summed E-state index contributed by atoms with van der Waals surface area (Å²) in [4.78, 5) is 16.7. The number of hydrogen-bond donors (Lipinski definition) is 2. The molecule has 1 unspecified atom stereocenters. The number of carbonyl (C=O) groups excluding carboxylic acids is 1. The van der Waals surface area contributed by atoms with Crippen LogP contribution in [0.4, 0.5) is 5.13 Å². The molecular formula is C15H27N3OS. The van der Waals surface area contributed by atoms with Crippen molar-refractivity contribution in [3.63, 3.8) is 0 Å². The zero-order chi connectivity index (χ0) is 15.0. The highest BCUT2D eigenvalue weighted by atomic mass is 32.1. The second kappa shape index (κ2) is 9.08. The molecule has 0 aliphatic heterocycles. The summed E-state index contributed by atoms with van der Waals surface area (Å²) in [6.45, 7) is 9.31. The Morgan fingerprint density at radius 1 is 1.30 bits per heavy atom. The summed E-state index contributed by atoms with van der Waals surface area (Å²) in [7, 11) is 0. The van der Waals surface area contributed by atoms with Crippen LogP contribution < -0.4 is 10.6 Å². The second-order valence-corrected chi connectivity index (χ2v) is 5.98. The van der Waals surface area contributed by atoms with E-state index in [1.54, 1.807) is 0 Å². The molecule has 0 aromatic carbocycles. The van der Waals surface area contributed by atoms with Gasteiger partial charge in [-0.25, -0.2) is 4.98 Å². The zero-order valence-electron chi connectivity index (χ0n) is 13.0. The monoisotopic (exact) mass is 297 g/mol. The quantitative estimate of drug-likeness (QED) is 0.725. The number of aromatic nitrogens is 1. The summed E-state index contributed by atoms with van der Waals surface area (Å²) in [6.07, 6.45) is 3.98. The Balaban J connectivity index is 2.60. The predicted molar refractivity (Wildman–Crippen MR) is 86.1 cm³/mol. The first-order chi connectivity index (χ1) is 9.62. The van der Waals surface area contributed by atoms with E-state index in [1.807, 2.05) is 5.38 Å². The van der Waals surface area contributed by atoms with E-state index in [-0.39, 0.29) is 17.9 Å². The van der Waals surface area contributed by atoms with E-state index in [0.29, 0.717) is 5.13 Å². The lowest BCUT2D eigenvalue weighted by Crippen LogP contribution is -2.23. The highest BCUT2D eigenvalue weighted by Crippen LogP contribution is 2.22. The third-order valence-corrected chi connectivity index (χ3v) is 4.13. The van der Waals surface area contributed by atoms with Crippen LogP contribution in [0.15, 0.2) is 5.38 Å². The number of carbonyl (C=O) groups is 1. The highest BCUT2D eigenvalue weighted by Gasteiger charge is 2.18. The topological polar surface area (TPSA) is 54.0 Å². The fourth-order valence-electron chi connectivity index (χ4n) is 2.26.